The molecule has 0 aliphatic rings. The van der Waals surface area contributed by atoms with Gasteiger partial charge in [-0.25, -0.2) is 0 Å². The molecule has 18 heavy (non-hydrogen) atoms. The van der Waals surface area contributed by atoms with Gasteiger partial charge in [-0.05, 0) is 24.1 Å². The zero-order chi connectivity index (χ0) is 13.0. The van der Waals surface area contributed by atoms with E-state index in [0.717, 1.165) is 18.5 Å². The maximum absolute atomic E-state index is 5.62. The number of nitrogen functional groups attached to an aromatic ring is 2. The summed E-state index contributed by atoms with van der Waals surface area (Å²) < 4.78 is 0. The van der Waals surface area contributed by atoms with Crippen molar-refractivity contribution in [1.29, 1.82) is 0 Å². The summed E-state index contributed by atoms with van der Waals surface area (Å²) in [5, 5.41) is 14.4. The summed E-state index contributed by atoms with van der Waals surface area (Å²) in [5.41, 5.74) is 13.6. The zero-order valence-electron chi connectivity index (χ0n) is 10.2. The molecule has 94 valence electrons. The molecular formula is C12H16N6. The van der Waals surface area contributed by atoms with Gasteiger partial charge in [-0.3, -0.25) is 5.10 Å². The van der Waals surface area contributed by atoms with Gasteiger partial charge in [0.25, 0.3) is 0 Å². The zero-order valence-corrected chi connectivity index (χ0v) is 10.2. The number of hydrogen-bond donors (Lipinski definition) is 3. The third-order valence-electron chi connectivity index (χ3n) is 2.54. The molecule has 0 aliphatic carbocycles. The van der Waals surface area contributed by atoms with Crippen molar-refractivity contribution in [2.45, 2.75) is 19.8 Å². The van der Waals surface area contributed by atoms with Crippen LogP contribution in [0.4, 0.5) is 23.0 Å². The summed E-state index contributed by atoms with van der Waals surface area (Å²) in [6.07, 6.45) is 2.20. The van der Waals surface area contributed by atoms with E-state index in [1.54, 1.807) is 0 Å². The van der Waals surface area contributed by atoms with Crippen LogP contribution in [0.2, 0.25) is 0 Å². The maximum Gasteiger partial charge on any atom is 0.175 e. The standard InChI is InChI=1S/C12H16N6/c1-2-3-8-4-6-9(7-5-8)15-16-10-11(13)17-18-12(10)14/h4-7H,2-3H2,1H3,(H5,13,14,17,18). The van der Waals surface area contributed by atoms with E-state index in [1.165, 1.54) is 5.56 Å². The quantitative estimate of drug-likeness (QED) is 0.720. The van der Waals surface area contributed by atoms with Crippen molar-refractivity contribution in [3.05, 3.63) is 29.8 Å². The maximum atomic E-state index is 5.62. The fourth-order valence-electron chi connectivity index (χ4n) is 1.60. The Kier molecular flexibility index (Phi) is 3.57. The van der Waals surface area contributed by atoms with Gasteiger partial charge < -0.3 is 11.5 Å². The molecule has 6 nitrogen and oxygen atoms in total. The van der Waals surface area contributed by atoms with Crippen molar-refractivity contribution < 1.29 is 0 Å². The normalized spacial score (nSPS) is 11.2. The van der Waals surface area contributed by atoms with Gasteiger partial charge in [-0.15, -0.1) is 5.11 Å². The van der Waals surface area contributed by atoms with Gasteiger partial charge in [0.1, 0.15) is 5.82 Å². The molecule has 0 saturated carbocycles. The van der Waals surface area contributed by atoms with Crippen LogP contribution in [0, 0.1) is 0 Å². The second kappa shape index (κ2) is 5.31. The molecule has 2 rings (SSSR count). The van der Waals surface area contributed by atoms with Crippen LogP contribution in [0.5, 0.6) is 0 Å². The molecule has 0 bridgehead atoms. The van der Waals surface area contributed by atoms with Crippen LogP contribution < -0.4 is 11.5 Å². The fourth-order valence-corrected chi connectivity index (χ4v) is 1.60. The van der Waals surface area contributed by atoms with E-state index < -0.39 is 0 Å². The molecule has 2 aromatic rings. The second-order valence-electron chi connectivity index (χ2n) is 3.99. The molecule has 0 fully saturated rings. The van der Waals surface area contributed by atoms with Crippen molar-refractivity contribution in [3.8, 4) is 0 Å². The summed E-state index contributed by atoms with van der Waals surface area (Å²) in [7, 11) is 0. The predicted molar refractivity (Wildman–Crippen MR) is 72.0 cm³/mol. The number of nitrogens with one attached hydrogen (secondary N) is 1. The third kappa shape index (κ3) is 2.65. The molecule has 1 aromatic heterocycles. The number of benzene rings is 1. The topological polar surface area (TPSA) is 105 Å². The van der Waals surface area contributed by atoms with Gasteiger partial charge in [0.2, 0.25) is 0 Å². The highest BCUT2D eigenvalue weighted by Gasteiger charge is 2.06. The highest BCUT2D eigenvalue weighted by Crippen LogP contribution is 2.28. The lowest BCUT2D eigenvalue weighted by Crippen LogP contribution is -1.84. The number of aromatic nitrogens is 2. The number of aryl methyl sites for hydroxylation is 1. The minimum Gasteiger partial charge on any atom is -0.382 e. The summed E-state index contributed by atoms with van der Waals surface area (Å²) in [6.45, 7) is 2.15. The average Bonchev–Trinajstić information content (AvgIpc) is 2.69. The first-order chi connectivity index (χ1) is 8.70. The molecule has 0 aliphatic heterocycles. The molecule has 1 heterocycles. The van der Waals surface area contributed by atoms with Crippen LogP contribution in [-0.4, -0.2) is 10.2 Å². The summed E-state index contributed by atoms with van der Waals surface area (Å²) >= 11 is 0. The summed E-state index contributed by atoms with van der Waals surface area (Å²) in [5.74, 6) is 0.567. The Morgan fingerprint density at radius 2 is 1.89 bits per heavy atom. The van der Waals surface area contributed by atoms with Crippen LogP contribution in [0.25, 0.3) is 0 Å². The van der Waals surface area contributed by atoms with Crippen molar-refractivity contribution in [3.63, 3.8) is 0 Å². The van der Waals surface area contributed by atoms with Gasteiger partial charge in [0.05, 0.1) is 5.69 Å². The Morgan fingerprint density at radius 3 is 2.44 bits per heavy atom. The Bertz CT molecular complexity index is 521. The summed E-state index contributed by atoms with van der Waals surface area (Å²) in [6, 6.07) is 7.92. The fraction of sp³-hybridized carbons (Fsp3) is 0.250. The van der Waals surface area contributed by atoms with Crippen molar-refractivity contribution in [2.24, 2.45) is 10.2 Å². The lowest BCUT2D eigenvalue weighted by molar-refractivity contribution is 0.922. The van der Waals surface area contributed by atoms with E-state index in [0.29, 0.717) is 11.5 Å². The van der Waals surface area contributed by atoms with E-state index >= 15 is 0 Å². The Balaban J connectivity index is 2.14. The van der Waals surface area contributed by atoms with Crippen LogP contribution in [-0.2, 0) is 6.42 Å². The highest BCUT2D eigenvalue weighted by atomic mass is 15.2. The highest BCUT2D eigenvalue weighted by molar-refractivity contribution is 5.70. The van der Waals surface area contributed by atoms with Crippen molar-refractivity contribution >= 4 is 23.0 Å². The lowest BCUT2D eigenvalue weighted by atomic mass is 10.1. The molecule has 6 heteroatoms. The van der Waals surface area contributed by atoms with Gasteiger partial charge >= 0.3 is 0 Å². The third-order valence-corrected chi connectivity index (χ3v) is 2.54. The second-order valence-corrected chi connectivity index (χ2v) is 3.99. The van der Waals surface area contributed by atoms with Crippen molar-refractivity contribution in [1.82, 2.24) is 10.2 Å². The van der Waals surface area contributed by atoms with Crippen LogP contribution in [0.15, 0.2) is 34.5 Å². The smallest absolute Gasteiger partial charge is 0.175 e. The van der Waals surface area contributed by atoms with Gasteiger partial charge in [0, 0.05) is 0 Å². The first kappa shape index (κ1) is 12.1. The first-order valence-corrected chi connectivity index (χ1v) is 5.80. The van der Waals surface area contributed by atoms with Crippen molar-refractivity contribution in [2.75, 3.05) is 11.5 Å². The number of rotatable bonds is 4. The molecule has 0 amide bonds. The monoisotopic (exact) mass is 244 g/mol. The van der Waals surface area contributed by atoms with E-state index in [9.17, 15) is 0 Å². The summed E-state index contributed by atoms with van der Waals surface area (Å²) in [4.78, 5) is 0. The van der Waals surface area contributed by atoms with Crippen LogP contribution in [0.3, 0.4) is 0 Å². The van der Waals surface area contributed by atoms with Crippen LogP contribution in [0.1, 0.15) is 18.9 Å². The van der Waals surface area contributed by atoms with Crippen LogP contribution >= 0.6 is 0 Å². The molecule has 0 radical (unpaired) electrons. The molecule has 5 N–H and O–H groups in total. The van der Waals surface area contributed by atoms with Gasteiger partial charge in [0.15, 0.2) is 11.5 Å². The predicted octanol–water partition coefficient (Wildman–Crippen LogP) is 2.94. The number of H-pyrrole nitrogens is 1. The Morgan fingerprint density at radius 1 is 1.17 bits per heavy atom. The number of anilines is 2. The number of aromatic amines is 1. The number of nitrogens with zero attached hydrogens (tertiary/aromatic N) is 3. The minimum atomic E-state index is 0.249. The molecule has 0 spiro atoms. The Labute approximate surface area is 105 Å². The number of hydrogen-bond acceptors (Lipinski definition) is 5. The number of azo groups is 1. The molecule has 1 aromatic carbocycles. The first-order valence-electron chi connectivity index (χ1n) is 5.80. The lowest BCUT2D eigenvalue weighted by Gasteiger charge is -1.98. The number of nitrogens with two attached hydrogens (primary N) is 2. The van der Waals surface area contributed by atoms with E-state index in [-0.39, 0.29) is 5.82 Å². The van der Waals surface area contributed by atoms with Gasteiger partial charge in [-0.2, -0.15) is 10.2 Å². The van der Waals surface area contributed by atoms with Gasteiger partial charge in [-0.1, -0.05) is 25.5 Å². The molecular weight excluding hydrogens is 228 g/mol. The van der Waals surface area contributed by atoms with E-state index in [4.69, 9.17) is 11.5 Å². The Hall–Kier alpha value is -2.37. The van der Waals surface area contributed by atoms with E-state index in [2.05, 4.69) is 27.3 Å². The van der Waals surface area contributed by atoms with E-state index in [1.807, 2.05) is 24.3 Å². The largest absolute Gasteiger partial charge is 0.382 e. The molecule has 0 unspecified atom stereocenters. The molecule has 0 atom stereocenters. The minimum absolute atomic E-state index is 0.249. The SMILES string of the molecule is CCCc1ccc(N=Nc2c(N)n[nH]c2N)cc1. The average molecular weight is 244 g/mol. The molecule has 0 saturated heterocycles.